The van der Waals surface area contributed by atoms with Crippen LogP contribution in [-0.2, 0) is 19.1 Å². The third-order valence-electron chi connectivity index (χ3n) is 4.26. The fourth-order valence-electron chi connectivity index (χ4n) is 2.85. The zero-order chi connectivity index (χ0) is 22.1. The fraction of sp³-hybridized carbons (Fsp3) is 0.500. The quantitative estimate of drug-likeness (QED) is 0.505. The lowest BCUT2D eigenvalue weighted by molar-refractivity contribution is -0.162. The monoisotopic (exact) mass is 404 g/mol. The number of nitrogens with one attached hydrogen (secondary N) is 1. The summed E-state index contributed by atoms with van der Waals surface area (Å²) in [7, 11) is 1.58. The summed E-state index contributed by atoms with van der Waals surface area (Å²) in [5, 5.41) is 2.54. The lowest BCUT2D eigenvalue weighted by Crippen LogP contribution is -2.49. The zero-order valence-electron chi connectivity index (χ0n) is 18.3. The molecule has 0 aromatic heterocycles. The van der Waals surface area contributed by atoms with Crippen molar-refractivity contribution >= 4 is 23.9 Å². The number of nitrogens with zero attached hydrogens (tertiary/aromatic N) is 1. The Hall–Kier alpha value is -2.83. The van der Waals surface area contributed by atoms with E-state index in [0.717, 1.165) is 11.3 Å². The van der Waals surface area contributed by atoms with E-state index in [4.69, 9.17) is 9.47 Å². The number of hydrogen-bond acceptors (Lipinski definition) is 5. The number of methoxy groups -OCH3 is 1. The minimum absolute atomic E-state index is 0.0103. The maximum atomic E-state index is 12.6. The molecule has 1 N–H and O–H groups in total. The highest BCUT2D eigenvalue weighted by atomic mass is 16.5. The summed E-state index contributed by atoms with van der Waals surface area (Å²) in [6.07, 6.45) is 2.03. The Morgan fingerprint density at radius 3 is 2.00 bits per heavy atom. The van der Waals surface area contributed by atoms with E-state index < -0.39 is 24.0 Å². The van der Waals surface area contributed by atoms with Crippen LogP contribution in [0, 0.1) is 0 Å². The SMILES string of the molecule is COc1ccc(/C=C\C(=O)N[C@@H](C)C(=O)O[C@@H](C)C(=O)N(C(C)C)C(C)C)cc1. The molecule has 0 saturated heterocycles. The molecule has 2 atom stereocenters. The summed E-state index contributed by atoms with van der Waals surface area (Å²) in [4.78, 5) is 38.5. The number of hydrogen-bond donors (Lipinski definition) is 1. The summed E-state index contributed by atoms with van der Waals surface area (Å²) in [6.45, 7) is 10.7. The van der Waals surface area contributed by atoms with E-state index in [-0.39, 0.29) is 18.0 Å². The van der Waals surface area contributed by atoms with E-state index in [9.17, 15) is 14.4 Å². The van der Waals surface area contributed by atoms with Gasteiger partial charge in [-0.05, 0) is 65.3 Å². The van der Waals surface area contributed by atoms with Crippen molar-refractivity contribution in [2.75, 3.05) is 7.11 Å². The molecule has 0 fully saturated rings. The molecule has 0 aliphatic rings. The molecule has 7 heteroatoms. The number of ether oxygens (including phenoxy) is 2. The Morgan fingerprint density at radius 2 is 1.52 bits per heavy atom. The van der Waals surface area contributed by atoms with Gasteiger partial charge in [-0.2, -0.15) is 0 Å². The van der Waals surface area contributed by atoms with Crippen LogP contribution in [0.4, 0.5) is 0 Å². The number of amides is 2. The third-order valence-corrected chi connectivity index (χ3v) is 4.26. The van der Waals surface area contributed by atoms with Gasteiger partial charge >= 0.3 is 5.97 Å². The van der Waals surface area contributed by atoms with Gasteiger partial charge in [0.15, 0.2) is 6.10 Å². The summed E-state index contributed by atoms with van der Waals surface area (Å²) in [5.74, 6) is -0.638. The molecule has 1 aromatic rings. The van der Waals surface area contributed by atoms with Crippen LogP contribution in [0.1, 0.15) is 47.1 Å². The number of carbonyl (C=O) groups excluding carboxylic acids is 3. The van der Waals surface area contributed by atoms with Gasteiger partial charge in [0.1, 0.15) is 11.8 Å². The van der Waals surface area contributed by atoms with E-state index in [1.54, 1.807) is 30.2 Å². The van der Waals surface area contributed by atoms with E-state index in [0.29, 0.717) is 0 Å². The maximum Gasteiger partial charge on any atom is 0.329 e. The first-order valence-electron chi connectivity index (χ1n) is 9.72. The van der Waals surface area contributed by atoms with Gasteiger partial charge in [0, 0.05) is 18.2 Å². The molecule has 2 amide bonds. The highest BCUT2D eigenvalue weighted by molar-refractivity contribution is 5.95. The number of esters is 1. The van der Waals surface area contributed by atoms with Crippen LogP contribution in [0.2, 0.25) is 0 Å². The van der Waals surface area contributed by atoms with Crippen molar-refractivity contribution in [3.8, 4) is 5.75 Å². The lowest BCUT2D eigenvalue weighted by Gasteiger charge is -2.33. The first-order valence-corrected chi connectivity index (χ1v) is 9.72. The van der Waals surface area contributed by atoms with E-state index in [1.807, 2.05) is 39.8 Å². The van der Waals surface area contributed by atoms with Crippen LogP contribution in [0.5, 0.6) is 5.75 Å². The average Bonchev–Trinajstić information content (AvgIpc) is 2.65. The molecule has 0 unspecified atom stereocenters. The van der Waals surface area contributed by atoms with Gasteiger partial charge in [-0.3, -0.25) is 9.59 Å². The topological polar surface area (TPSA) is 84.9 Å². The number of carbonyl (C=O) groups is 3. The predicted molar refractivity (Wildman–Crippen MR) is 112 cm³/mol. The Kier molecular flexibility index (Phi) is 9.38. The van der Waals surface area contributed by atoms with Crippen LogP contribution in [0.25, 0.3) is 6.08 Å². The Balaban J connectivity index is 2.60. The molecule has 0 spiro atoms. The van der Waals surface area contributed by atoms with Gasteiger partial charge in [-0.1, -0.05) is 12.1 Å². The molecular weight excluding hydrogens is 372 g/mol. The minimum Gasteiger partial charge on any atom is -0.497 e. The van der Waals surface area contributed by atoms with Crippen LogP contribution >= 0.6 is 0 Å². The summed E-state index contributed by atoms with van der Waals surface area (Å²) < 4.78 is 10.3. The molecule has 0 aliphatic carbocycles. The molecule has 1 rings (SSSR count). The molecular formula is C22H32N2O5. The van der Waals surface area contributed by atoms with Gasteiger partial charge in [0.25, 0.3) is 5.91 Å². The Morgan fingerprint density at radius 1 is 0.966 bits per heavy atom. The maximum absolute atomic E-state index is 12.6. The number of benzene rings is 1. The van der Waals surface area contributed by atoms with E-state index in [1.165, 1.54) is 19.9 Å². The van der Waals surface area contributed by atoms with Crippen molar-refractivity contribution in [1.29, 1.82) is 0 Å². The predicted octanol–water partition coefficient (Wildman–Crippen LogP) is 2.79. The standard InChI is InChI=1S/C22H32N2O5/c1-14(2)24(15(3)4)21(26)17(6)29-22(27)16(5)23-20(25)13-10-18-8-11-19(28-7)12-9-18/h8-17H,1-7H3,(H,23,25)/b13-10-/t16-,17-/m0/s1. The molecule has 7 nitrogen and oxygen atoms in total. The van der Waals surface area contributed by atoms with Gasteiger partial charge in [-0.25, -0.2) is 4.79 Å². The molecule has 0 radical (unpaired) electrons. The third kappa shape index (κ3) is 7.60. The molecule has 0 saturated carbocycles. The van der Waals surface area contributed by atoms with Gasteiger partial charge in [0.05, 0.1) is 7.11 Å². The van der Waals surface area contributed by atoms with Crippen molar-refractivity contribution in [2.45, 2.75) is 65.8 Å². The lowest BCUT2D eigenvalue weighted by atomic mass is 10.2. The first-order chi connectivity index (χ1) is 13.6. The molecule has 1 aromatic carbocycles. The van der Waals surface area contributed by atoms with Crippen LogP contribution in [0.15, 0.2) is 30.3 Å². The van der Waals surface area contributed by atoms with Crippen molar-refractivity contribution in [1.82, 2.24) is 10.2 Å². The molecule has 160 valence electrons. The highest BCUT2D eigenvalue weighted by Gasteiger charge is 2.29. The molecule has 29 heavy (non-hydrogen) atoms. The van der Waals surface area contributed by atoms with Gasteiger partial charge in [0.2, 0.25) is 5.91 Å². The molecule has 0 heterocycles. The van der Waals surface area contributed by atoms with E-state index in [2.05, 4.69) is 5.32 Å². The second kappa shape index (κ2) is 11.2. The van der Waals surface area contributed by atoms with E-state index >= 15 is 0 Å². The largest absolute Gasteiger partial charge is 0.497 e. The first kappa shape index (κ1) is 24.2. The fourth-order valence-corrected chi connectivity index (χ4v) is 2.85. The van der Waals surface area contributed by atoms with Gasteiger partial charge < -0.3 is 19.7 Å². The normalized spacial score (nSPS) is 13.3. The Bertz CT molecular complexity index is 717. The molecule has 0 aliphatic heterocycles. The highest BCUT2D eigenvalue weighted by Crippen LogP contribution is 2.12. The minimum atomic E-state index is -0.929. The summed E-state index contributed by atoms with van der Waals surface area (Å²) in [5.41, 5.74) is 0.817. The van der Waals surface area contributed by atoms with Crippen LogP contribution < -0.4 is 10.1 Å². The Labute approximate surface area is 173 Å². The van der Waals surface area contributed by atoms with Crippen molar-refractivity contribution in [3.05, 3.63) is 35.9 Å². The summed E-state index contributed by atoms with van der Waals surface area (Å²) in [6, 6.07) is 6.28. The zero-order valence-corrected chi connectivity index (χ0v) is 18.3. The second-order valence-corrected chi connectivity index (χ2v) is 7.35. The second-order valence-electron chi connectivity index (χ2n) is 7.35. The summed E-state index contributed by atoms with van der Waals surface area (Å²) >= 11 is 0. The van der Waals surface area contributed by atoms with Crippen LogP contribution in [-0.4, -0.2) is 54.0 Å². The van der Waals surface area contributed by atoms with Gasteiger partial charge in [-0.15, -0.1) is 0 Å². The van der Waals surface area contributed by atoms with Crippen molar-refractivity contribution < 1.29 is 23.9 Å². The molecule has 0 bridgehead atoms. The number of rotatable bonds is 9. The van der Waals surface area contributed by atoms with Crippen molar-refractivity contribution in [3.63, 3.8) is 0 Å². The smallest absolute Gasteiger partial charge is 0.329 e. The van der Waals surface area contributed by atoms with Crippen LogP contribution in [0.3, 0.4) is 0 Å². The average molecular weight is 405 g/mol. The van der Waals surface area contributed by atoms with Crippen molar-refractivity contribution in [2.24, 2.45) is 0 Å².